The Bertz CT molecular complexity index is 222. The van der Waals surface area contributed by atoms with Crippen molar-refractivity contribution in [3.8, 4) is 18.4 Å². The van der Waals surface area contributed by atoms with Crippen LogP contribution in [0.5, 0.6) is 0 Å². The molecule has 0 radical (unpaired) electrons. The second-order valence-corrected chi connectivity index (χ2v) is 2.42. The maximum Gasteiger partial charge on any atom is 0.234 e. The molecule has 0 fully saturated rings. The standard InChI is InChI=1S/C9H12N2O/c1-3-5-8(4-2)11-9(12)6-7-10/h1,8H,4-6H2,2H3,(H,11,12). The highest BCUT2D eigenvalue weighted by molar-refractivity contribution is 5.78. The molecule has 0 saturated heterocycles. The van der Waals surface area contributed by atoms with Crippen molar-refractivity contribution in [2.45, 2.75) is 32.2 Å². The predicted octanol–water partition coefficient (Wildman–Crippen LogP) is 0.818. The second-order valence-electron chi connectivity index (χ2n) is 2.42. The van der Waals surface area contributed by atoms with Crippen LogP contribution >= 0.6 is 0 Å². The van der Waals surface area contributed by atoms with E-state index in [4.69, 9.17) is 11.7 Å². The van der Waals surface area contributed by atoms with Gasteiger partial charge in [-0.15, -0.1) is 12.3 Å². The topological polar surface area (TPSA) is 52.9 Å². The zero-order valence-corrected chi connectivity index (χ0v) is 7.13. The third kappa shape index (κ3) is 4.35. The van der Waals surface area contributed by atoms with E-state index in [1.807, 2.05) is 6.92 Å². The van der Waals surface area contributed by atoms with Crippen molar-refractivity contribution >= 4 is 5.91 Å². The van der Waals surface area contributed by atoms with E-state index in [0.29, 0.717) is 6.42 Å². The van der Waals surface area contributed by atoms with E-state index in [1.165, 1.54) is 0 Å². The number of carbonyl (C=O) groups excluding carboxylic acids is 1. The number of terminal acetylenes is 1. The number of amides is 1. The third-order valence-corrected chi connectivity index (χ3v) is 1.46. The largest absolute Gasteiger partial charge is 0.352 e. The molecule has 12 heavy (non-hydrogen) atoms. The van der Waals surface area contributed by atoms with Crippen molar-refractivity contribution in [3.05, 3.63) is 0 Å². The summed E-state index contributed by atoms with van der Waals surface area (Å²) in [4.78, 5) is 10.9. The molecule has 1 amide bonds. The summed E-state index contributed by atoms with van der Waals surface area (Å²) in [6.07, 6.45) is 6.31. The molecular weight excluding hydrogens is 152 g/mol. The van der Waals surface area contributed by atoms with Crippen LogP contribution in [0, 0.1) is 23.7 Å². The first-order chi connectivity index (χ1) is 5.74. The van der Waals surface area contributed by atoms with E-state index >= 15 is 0 Å². The molecule has 0 aliphatic rings. The summed E-state index contributed by atoms with van der Waals surface area (Å²) in [5.74, 6) is 2.22. The first kappa shape index (κ1) is 10.5. The number of nitrogens with zero attached hydrogens (tertiary/aromatic N) is 1. The molecule has 0 aromatic carbocycles. The van der Waals surface area contributed by atoms with Gasteiger partial charge in [0, 0.05) is 12.5 Å². The molecule has 0 saturated carbocycles. The lowest BCUT2D eigenvalue weighted by Crippen LogP contribution is -2.33. The van der Waals surface area contributed by atoms with Crippen LogP contribution in [0.3, 0.4) is 0 Å². The fraction of sp³-hybridized carbons (Fsp3) is 0.556. The summed E-state index contributed by atoms with van der Waals surface area (Å²) >= 11 is 0. The van der Waals surface area contributed by atoms with Gasteiger partial charge in [0.15, 0.2) is 0 Å². The van der Waals surface area contributed by atoms with Crippen molar-refractivity contribution in [1.82, 2.24) is 5.32 Å². The maximum atomic E-state index is 10.9. The van der Waals surface area contributed by atoms with E-state index in [1.54, 1.807) is 6.07 Å². The highest BCUT2D eigenvalue weighted by Crippen LogP contribution is 1.96. The normalized spacial score (nSPS) is 10.9. The molecule has 0 aromatic heterocycles. The number of nitrogens with one attached hydrogen (secondary N) is 1. The highest BCUT2D eigenvalue weighted by atomic mass is 16.1. The Hall–Kier alpha value is -1.48. The fourth-order valence-corrected chi connectivity index (χ4v) is 0.790. The van der Waals surface area contributed by atoms with Gasteiger partial charge in [-0.2, -0.15) is 5.26 Å². The Morgan fingerprint density at radius 2 is 2.42 bits per heavy atom. The minimum Gasteiger partial charge on any atom is -0.352 e. The molecule has 1 N–H and O–H groups in total. The number of nitriles is 1. The van der Waals surface area contributed by atoms with Gasteiger partial charge < -0.3 is 5.32 Å². The molecule has 1 atom stereocenters. The van der Waals surface area contributed by atoms with Crippen molar-refractivity contribution in [3.63, 3.8) is 0 Å². The number of hydrogen-bond acceptors (Lipinski definition) is 2. The van der Waals surface area contributed by atoms with Crippen LogP contribution in [0.1, 0.15) is 26.2 Å². The molecule has 0 aliphatic heterocycles. The first-order valence-corrected chi connectivity index (χ1v) is 3.84. The van der Waals surface area contributed by atoms with Gasteiger partial charge in [-0.25, -0.2) is 0 Å². The second kappa shape index (κ2) is 6.24. The minimum atomic E-state index is -0.250. The molecule has 0 spiro atoms. The van der Waals surface area contributed by atoms with E-state index in [0.717, 1.165) is 6.42 Å². The molecule has 3 heteroatoms. The zero-order valence-electron chi connectivity index (χ0n) is 7.13. The highest BCUT2D eigenvalue weighted by Gasteiger charge is 2.07. The summed E-state index contributed by atoms with van der Waals surface area (Å²) in [6, 6.07) is 1.79. The van der Waals surface area contributed by atoms with Crippen LogP contribution in [-0.4, -0.2) is 11.9 Å². The van der Waals surface area contributed by atoms with Crippen LogP contribution in [0.15, 0.2) is 0 Å². The van der Waals surface area contributed by atoms with Crippen molar-refractivity contribution in [2.75, 3.05) is 0 Å². The summed E-state index contributed by atoms with van der Waals surface area (Å²) < 4.78 is 0. The van der Waals surface area contributed by atoms with Gasteiger partial charge in [-0.1, -0.05) is 6.92 Å². The van der Waals surface area contributed by atoms with Crippen LogP contribution in [0.4, 0.5) is 0 Å². The van der Waals surface area contributed by atoms with Gasteiger partial charge in [0.05, 0.1) is 6.07 Å². The van der Waals surface area contributed by atoms with Gasteiger partial charge in [-0.3, -0.25) is 4.79 Å². The predicted molar refractivity (Wildman–Crippen MR) is 45.9 cm³/mol. The quantitative estimate of drug-likeness (QED) is 0.625. The van der Waals surface area contributed by atoms with E-state index in [2.05, 4.69) is 11.2 Å². The lowest BCUT2D eigenvalue weighted by molar-refractivity contribution is -0.120. The van der Waals surface area contributed by atoms with Gasteiger partial charge in [0.2, 0.25) is 5.91 Å². The molecule has 0 heterocycles. The summed E-state index contributed by atoms with van der Waals surface area (Å²) in [7, 11) is 0. The van der Waals surface area contributed by atoms with E-state index < -0.39 is 0 Å². The van der Waals surface area contributed by atoms with Gasteiger partial charge >= 0.3 is 0 Å². The Kier molecular flexibility index (Phi) is 5.47. The molecular formula is C9H12N2O. The number of carbonyl (C=O) groups is 1. The summed E-state index contributed by atoms with van der Waals surface area (Å²) in [5.41, 5.74) is 0. The number of hydrogen-bond donors (Lipinski definition) is 1. The Balaban J connectivity index is 3.80. The molecule has 0 aliphatic carbocycles. The lowest BCUT2D eigenvalue weighted by Gasteiger charge is -2.12. The minimum absolute atomic E-state index is 0.0100. The Morgan fingerprint density at radius 1 is 1.75 bits per heavy atom. The fourth-order valence-electron chi connectivity index (χ4n) is 0.790. The van der Waals surface area contributed by atoms with Crippen molar-refractivity contribution < 1.29 is 4.79 Å². The van der Waals surface area contributed by atoms with Crippen LogP contribution in [0.25, 0.3) is 0 Å². The average molecular weight is 164 g/mol. The lowest BCUT2D eigenvalue weighted by atomic mass is 10.1. The molecule has 0 aromatic rings. The summed E-state index contributed by atoms with van der Waals surface area (Å²) in [5, 5.41) is 10.9. The number of rotatable bonds is 4. The first-order valence-electron chi connectivity index (χ1n) is 3.84. The monoisotopic (exact) mass is 164 g/mol. The van der Waals surface area contributed by atoms with Gasteiger partial charge in [0.25, 0.3) is 0 Å². The third-order valence-electron chi connectivity index (χ3n) is 1.46. The van der Waals surface area contributed by atoms with Crippen LogP contribution in [0.2, 0.25) is 0 Å². The molecule has 64 valence electrons. The van der Waals surface area contributed by atoms with Gasteiger partial charge in [0.1, 0.15) is 6.42 Å². The van der Waals surface area contributed by atoms with E-state index in [-0.39, 0.29) is 18.4 Å². The molecule has 0 bridgehead atoms. The Morgan fingerprint density at radius 3 is 2.83 bits per heavy atom. The van der Waals surface area contributed by atoms with E-state index in [9.17, 15) is 4.79 Å². The van der Waals surface area contributed by atoms with Crippen molar-refractivity contribution in [2.24, 2.45) is 0 Å². The van der Waals surface area contributed by atoms with Crippen molar-refractivity contribution in [1.29, 1.82) is 5.26 Å². The molecule has 0 rings (SSSR count). The van der Waals surface area contributed by atoms with Gasteiger partial charge in [-0.05, 0) is 6.42 Å². The summed E-state index contributed by atoms with van der Waals surface area (Å²) in [6.45, 7) is 1.94. The SMILES string of the molecule is C#CCC(CC)NC(=O)CC#N. The van der Waals surface area contributed by atoms with Crippen LogP contribution in [-0.2, 0) is 4.79 Å². The van der Waals surface area contributed by atoms with Crippen LogP contribution < -0.4 is 5.32 Å². The Labute approximate surface area is 72.8 Å². The molecule has 1 unspecified atom stereocenters. The average Bonchev–Trinajstić information content (AvgIpc) is 2.04. The maximum absolute atomic E-state index is 10.9. The smallest absolute Gasteiger partial charge is 0.234 e. The molecule has 3 nitrogen and oxygen atoms in total. The zero-order chi connectivity index (χ0) is 9.40.